The first-order valence-corrected chi connectivity index (χ1v) is 6.80. The predicted octanol–water partition coefficient (Wildman–Crippen LogP) is 2.27. The van der Waals surface area contributed by atoms with Crippen molar-refractivity contribution in [3.05, 3.63) is 30.3 Å². The number of benzene rings is 1. The Bertz CT molecular complexity index is 462. The Morgan fingerprint density at radius 2 is 1.74 bits per heavy atom. The van der Waals surface area contributed by atoms with Crippen LogP contribution < -0.4 is 5.32 Å². The normalized spacial score (nSPS) is 15.7. The van der Waals surface area contributed by atoms with Crippen LogP contribution in [0.5, 0.6) is 0 Å². The molecule has 0 unspecified atom stereocenters. The number of hydrogen-bond acceptors (Lipinski definition) is 2. The maximum Gasteiger partial charge on any atom is 0.240 e. The molecule has 4 nitrogen and oxygen atoms in total. The number of rotatable bonds is 5. The quantitative estimate of drug-likeness (QED) is 0.826. The maximum absolute atomic E-state index is 12.4. The molecule has 19 heavy (non-hydrogen) atoms. The highest BCUT2D eigenvalue weighted by Gasteiger charge is 2.57. The number of nitrogens with zero attached hydrogens (tertiary/aromatic N) is 1. The molecule has 1 aromatic rings. The largest absolute Gasteiger partial charge is 0.342 e. The number of carbonyl (C=O) groups is 2. The second-order valence-electron chi connectivity index (χ2n) is 4.88. The second-order valence-corrected chi connectivity index (χ2v) is 4.88. The molecule has 4 heteroatoms. The molecule has 0 saturated heterocycles. The van der Waals surface area contributed by atoms with Crippen molar-refractivity contribution in [2.75, 3.05) is 18.4 Å². The van der Waals surface area contributed by atoms with E-state index in [1.165, 1.54) is 0 Å². The fourth-order valence-corrected chi connectivity index (χ4v) is 2.25. The summed E-state index contributed by atoms with van der Waals surface area (Å²) in [5, 5.41) is 2.84. The van der Waals surface area contributed by atoms with Crippen molar-refractivity contribution < 1.29 is 9.59 Å². The summed E-state index contributed by atoms with van der Waals surface area (Å²) in [6, 6.07) is 9.28. The molecule has 102 valence electrons. The summed E-state index contributed by atoms with van der Waals surface area (Å²) in [6.07, 6.45) is 1.31. The van der Waals surface area contributed by atoms with E-state index in [1.54, 1.807) is 4.90 Å². The Balaban J connectivity index is 2.08. The summed E-state index contributed by atoms with van der Waals surface area (Å²) in [5.41, 5.74) is -0.0758. The molecule has 2 amide bonds. The third-order valence-corrected chi connectivity index (χ3v) is 3.68. The van der Waals surface area contributed by atoms with Crippen molar-refractivity contribution >= 4 is 17.5 Å². The van der Waals surface area contributed by atoms with Crippen LogP contribution in [0.15, 0.2) is 30.3 Å². The number of anilines is 1. The van der Waals surface area contributed by atoms with Gasteiger partial charge in [-0.05, 0) is 38.8 Å². The average Bonchev–Trinajstić information content (AvgIpc) is 3.22. The van der Waals surface area contributed by atoms with Crippen LogP contribution in [0, 0.1) is 5.41 Å². The number of para-hydroxylation sites is 1. The van der Waals surface area contributed by atoms with Gasteiger partial charge in [0.05, 0.1) is 0 Å². The summed E-state index contributed by atoms with van der Waals surface area (Å²) in [5.74, 6) is -0.207. The molecule has 0 radical (unpaired) electrons. The van der Waals surface area contributed by atoms with Gasteiger partial charge in [-0.1, -0.05) is 18.2 Å². The van der Waals surface area contributed by atoms with E-state index in [0.717, 1.165) is 5.69 Å². The van der Waals surface area contributed by atoms with Gasteiger partial charge < -0.3 is 10.2 Å². The standard InChI is InChI=1S/C15H20N2O2/c1-3-17(4-2)14(19)15(10-11-15)13(18)16-12-8-6-5-7-9-12/h5-9H,3-4,10-11H2,1-2H3,(H,16,18). The van der Waals surface area contributed by atoms with E-state index < -0.39 is 5.41 Å². The highest BCUT2D eigenvalue weighted by atomic mass is 16.2. The van der Waals surface area contributed by atoms with E-state index in [1.807, 2.05) is 44.2 Å². The van der Waals surface area contributed by atoms with Crippen LogP contribution in [-0.4, -0.2) is 29.8 Å². The monoisotopic (exact) mass is 260 g/mol. The summed E-state index contributed by atoms with van der Waals surface area (Å²) in [7, 11) is 0. The Morgan fingerprint density at radius 3 is 2.21 bits per heavy atom. The molecule has 0 atom stereocenters. The number of nitrogens with one attached hydrogen (secondary N) is 1. The van der Waals surface area contributed by atoms with Gasteiger partial charge in [-0.25, -0.2) is 0 Å². The minimum atomic E-state index is -0.818. The van der Waals surface area contributed by atoms with Gasteiger partial charge in [-0.3, -0.25) is 9.59 Å². The smallest absolute Gasteiger partial charge is 0.240 e. The molecule has 1 saturated carbocycles. The van der Waals surface area contributed by atoms with Crippen molar-refractivity contribution in [2.24, 2.45) is 5.41 Å². The molecule has 1 N–H and O–H groups in total. The highest BCUT2D eigenvalue weighted by Crippen LogP contribution is 2.48. The summed E-state index contributed by atoms with van der Waals surface area (Å²) < 4.78 is 0. The molecule has 1 aromatic carbocycles. The lowest BCUT2D eigenvalue weighted by Gasteiger charge is -2.24. The molecule has 1 aliphatic carbocycles. The van der Waals surface area contributed by atoms with E-state index in [4.69, 9.17) is 0 Å². The number of carbonyl (C=O) groups excluding carboxylic acids is 2. The first kappa shape index (κ1) is 13.6. The van der Waals surface area contributed by atoms with Gasteiger partial charge in [0.2, 0.25) is 11.8 Å². The fraction of sp³-hybridized carbons (Fsp3) is 0.467. The van der Waals surface area contributed by atoms with Crippen LogP contribution in [0.25, 0.3) is 0 Å². The van der Waals surface area contributed by atoms with E-state index in [9.17, 15) is 9.59 Å². The van der Waals surface area contributed by atoms with Crippen molar-refractivity contribution in [2.45, 2.75) is 26.7 Å². The van der Waals surface area contributed by atoms with Crippen molar-refractivity contribution in [3.63, 3.8) is 0 Å². The minimum Gasteiger partial charge on any atom is -0.342 e. The summed E-state index contributed by atoms with van der Waals surface area (Å²) in [6.45, 7) is 5.17. The van der Waals surface area contributed by atoms with Crippen molar-refractivity contribution in [3.8, 4) is 0 Å². The number of hydrogen-bond donors (Lipinski definition) is 1. The van der Waals surface area contributed by atoms with E-state index in [-0.39, 0.29) is 11.8 Å². The second kappa shape index (κ2) is 5.43. The predicted molar refractivity (Wildman–Crippen MR) is 74.7 cm³/mol. The average molecular weight is 260 g/mol. The van der Waals surface area contributed by atoms with Gasteiger partial charge in [0, 0.05) is 18.8 Å². The zero-order valence-electron chi connectivity index (χ0n) is 11.5. The third-order valence-electron chi connectivity index (χ3n) is 3.68. The summed E-state index contributed by atoms with van der Waals surface area (Å²) in [4.78, 5) is 26.4. The van der Waals surface area contributed by atoms with Crippen LogP contribution in [0.3, 0.4) is 0 Å². The zero-order valence-corrected chi connectivity index (χ0v) is 11.5. The number of amides is 2. The lowest BCUT2D eigenvalue weighted by atomic mass is 10.0. The van der Waals surface area contributed by atoms with Gasteiger partial charge in [0.1, 0.15) is 5.41 Å². The summed E-state index contributed by atoms with van der Waals surface area (Å²) >= 11 is 0. The molecular weight excluding hydrogens is 240 g/mol. The maximum atomic E-state index is 12.4. The van der Waals surface area contributed by atoms with Crippen LogP contribution in [0.2, 0.25) is 0 Å². The van der Waals surface area contributed by atoms with E-state index in [0.29, 0.717) is 25.9 Å². The highest BCUT2D eigenvalue weighted by molar-refractivity contribution is 6.13. The van der Waals surface area contributed by atoms with E-state index >= 15 is 0 Å². The minimum absolute atomic E-state index is 0.0362. The lowest BCUT2D eigenvalue weighted by Crippen LogP contribution is -2.42. The molecule has 2 rings (SSSR count). The Hall–Kier alpha value is -1.84. The van der Waals surface area contributed by atoms with Crippen LogP contribution in [-0.2, 0) is 9.59 Å². The Kier molecular flexibility index (Phi) is 3.88. The van der Waals surface area contributed by atoms with E-state index in [2.05, 4.69) is 5.32 Å². The van der Waals surface area contributed by atoms with Crippen LogP contribution in [0.4, 0.5) is 5.69 Å². The molecule has 0 aliphatic heterocycles. The fourth-order valence-electron chi connectivity index (χ4n) is 2.25. The first-order valence-electron chi connectivity index (χ1n) is 6.80. The van der Waals surface area contributed by atoms with Gasteiger partial charge in [-0.15, -0.1) is 0 Å². The Labute approximate surface area is 113 Å². The topological polar surface area (TPSA) is 49.4 Å². The first-order chi connectivity index (χ1) is 9.14. The molecule has 0 aromatic heterocycles. The molecule has 0 spiro atoms. The molecule has 1 fully saturated rings. The molecular formula is C15H20N2O2. The van der Waals surface area contributed by atoms with Crippen molar-refractivity contribution in [1.29, 1.82) is 0 Å². The third kappa shape index (κ3) is 2.62. The molecule has 0 bridgehead atoms. The van der Waals surface area contributed by atoms with Gasteiger partial charge in [0.25, 0.3) is 0 Å². The van der Waals surface area contributed by atoms with Crippen molar-refractivity contribution in [1.82, 2.24) is 4.90 Å². The van der Waals surface area contributed by atoms with Crippen LogP contribution >= 0.6 is 0 Å². The molecule has 0 heterocycles. The Morgan fingerprint density at radius 1 is 1.16 bits per heavy atom. The van der Waals surface area contributed by atoms with Gasteiger partial charge >= 0.3 is 0 Å². The zero-order chi connectivity index (χ0) is 13.9. The lowest BCUT2D eigenvalue weighted by molar-refractivity contribution is -0.141. The van der Waals surface area contributed by atoms with Crippen LogP contribution in [0.1, 0.15) is 26.7 Å². The van der Waals surface area contributed by atoms with Gasteiger partial charge in [0.15, 0.2) is 0 Å². The SMILES string of the molecule is CCN(CC)C(=O)C1(C(=O)Nc2ccccc2)CC1. The molecule has 1 aliphatic rings. The van der Waals surface area contributed by atoms with Gasteiger partial charge in [-0.2, -0.15) is 0 Å².